The maximum absolute atomic E-state index is 12.3. The van der Waals surface area contributed by atoms with Gasteiger partial charge in [-0.3, -0.25) is 14.5 Å². The Bertz CT molecular complexity index is 336. The molecule has 0 bridgehead atoms. The van der Waals surface area contributed by atoms with Gasteiger partial charge in [0.15, 0.2) is 0 Å². The molecular weight excluding hydrogens is 256 g/mol. The van der Waals surface area contributed by atoms with Gasteiger partial charge < -0.3 is 16.0 Å². The summed E-state index contributed by atoms with van der Waals surface area (Å²) < 4.78 is 0. The highest BCUT2D eigenvalue weighted by molar-refractivity contribution is 5.85. The van der Waals surface area contributed by atoms with E-state index in [2.05, 4.69) is 10.2 Å². The van der Waals surface area contributed by atoms with Gasteiger partial charge in [0.2, 0.25) is 11.8 Å². The molecule has 1 fully saturated rings. The van der Waals surface area contributed by atoms with Crippen LogP contribution in [0.15, 0.2) is 0 Å². The van der Waals surface area contributed by atoms with Crippen LogP contribution in [-0.4, -0.2) is 66.4 Å². The number of nitrogens with one attached hydrogen (secondary N) is 1. The molecule has 20 heavy (non-hydrogen) atoms. The van der Waals surface area contributed by atoms with E-state index in [0.29, 0.717) is 32.6 Å². The number of carbonyl (C=O) groups excluding carboxylic acids is 2. The van der Waals surface area contributed by atoms with Gasteiger partial charge in [0, 0.05) is 32.7 Å². The van der Waals surface area contributed by atoms with Crippen molar-refractivity contribution in [2.75, 3.05) is 39.3 Å². The van der Waals surface area contributed by atoms with Gasteiger partial charge in [-0.15, -0.1) is 0 Å². The molecule has 6 nitrogen and oxygen atoms in total. The Morgan fingerprint density at radius 1 is 1.20 bits per heavy atom. The molecular formula is C14H28N4O2. The molecule has 0 aliphatic carbocycles. The number of hydrogen-bond donors (Lipinski definition) is 2. The predicted octanol–water partition coefficient (Wildman–Crippen LogP) is -0.216. The van der Waals surface area contributed by atoms with Gasteiger partial charge in [-0.1, -0.05) is 13.3 Å². The third kappa shape index (κ3) is 4.76. The summed E-state index contributed by atoms with van der Waals surface area (Å²) in [5.74, 6) is 0.0685. The highest BCUT2D eigenvalue weighted by Crippen LogP contribution is 2.14. The molecule has 0 radical (unpaired) electrons. The predicted molar refractivity (Wildman–Crippen MR) is 79.2 cm³/mol. The summed E-state index contributed by atoms with van der Waals surface area (Å²) in [5.41, 5.74) is 5.32. The lowest BCUT2D eigenvalue weighted by Crippen LogP contribution is -2.58. The van der Waals surface area contributed by atoms with E-state index < -0.39 is 5.54 Å². The second kappa shape index (κ2) is 7.59. The largest absolute Gasteiger partial charge is 0.355 e. The molecule has 6 heteroatoms. The first kappa shape index (κ1) is 16.9. The summed E-state index contributed by atoms with van der Waals surface area (Å²) in [4.78, 5) is 27.8. The van der Waals surface area contributed by atoms with E-state index in [0.717, 1.165) is 19.5 Å². The molecule has 0 aromatic rings. The molecule has 1 atom stereocenters. The molecule has 0 aromatic heterocycles. The molecule has 2 amide bonds. The monoisotopic (exact) mass is 284 g/mol. The fraction of sp³-hybridized carbons (Fsp3) is 0.857. The minimum absolute atomic E-state index is 0.0250. The Morgan fingerprint density at radius 2 is 1.80 bits per heavy atom. The lowest BCUT2D eigenvalue weighted by molar-refractivity contribution is -0.138. The molecule has 1 saturated heterocycles. The average Bonchev–Trinajstić information content (AvgIpc) is 2.39. The third-order valence-electron chi connectivity index (χ3n) is 3.66. The minimum Gasteiger partial charge on any atom is -0.355 e. The SMILES string of the molecule is CCCC(C)(N)C(=O)N1CCN(CC(=O)NCC)CC1. The van der Waals surface area contributed by atoms with Crippen molar-refractivity contribution in [3.8, 4) is 0 Å². The molecule has 3 N–H and O–H groups in total. The number of nitrogens with two attached hydrogens (primary N) is 1. The summed E-state index contributed by atoms with van der Waals surface area (Å²) in [7, 11) is 0. The molecule has 0 saturated carbocycles. The quantitative estimate of drug-likeness (QED) is 0.707. The second-order valence-electron chi connectivity index (χ2n) is 5.69. The van der Waals surface area contributed by atoms with Gasteiger partial charge in [0.05, 0.1) is 12.1 Å². The van der Waals surface area contributed by atoms with Gasteiger partial charge in [0.1, 0.15) is 0 Å². The first-order chi connectivity index (χ1) is 9.40. The topological polar surface area (TPSA) is 78.7 Å². The third-order valence-corrected chi connectivity index (χ3v) is 3.66. The van der Waals surface area contributed by atoms with E-state index in [-0.39, 0.29) is 11.8 Å². The normalized spacial score (nSPS) is 19.5. The number of likely N-dealkylation sites (N-methyl/N-ethyl adjacent to an activating group) is 1. The van der Waals surface area contributed by atoms with Gasteiger partial charge in [-0.05, 0) is 20.3 Å². The van der Waals surface area contributed by atoms with Gasteiger partial charge in [-0.25, -0.2) is 0 Å². The van der Waals surface area contributed by atoms with Crippen molar-refractivity contribution in [2.24, 2.45) is 5.73 Å². The van der Waals surface area contributed by atoms with Crippen molar-refractivity contribution >= 4 is 11.8 Å². The summed E-state index contributed by atoms with van der Waals surface area (Å²) in [6, 6.07) is 0. The zero-order valence-electron chi connectivity index (χ0n) is 12.9. The fourth-order valence-corrected chi connectivity index (χ4v) is 2.55. The highest BCUT2D eigenvalue weighted by Gasteiger charge is 2.33. The average molecular weight is 284 g/mol. The van der Waals surface area contributed by atoms with Crippen molar-refractivity contribution in [1.82, 2.24) is 15.1 Å². The zero-order valence-corrected chi connectivity index (χ0v) is 12.9. The van der Waals surface area contributed by atoms with Crippen LogP contribution in [0.3, 0.4) is 0 Å². The molecule has 1 rings (SSSR count). The number of amides is 2. The van der Waals surface area contributed by atoms with Gasteiger partial charge in [0.25, 0.3) is 0 Å². The van der Waals surface area contributed by atoms with Crippen LogP contribution in [0.1, 0.15) is 33.6 Å². The number of nitrogens with zero attached hydrogens (tertiary/aromatic N) is 2. The van der Waals surface area contributed by atoms with Crippen LogP contribution in [0.5, 0.6) is 0 Å². The van der Waals surface area contributed by atoms with Crippen LogP contribution in [0.25, 0.3) is 0 Å². The molecule has 1 heterocycles. The number of rotatable bonds is 6. The van der Waals surface area contributed by atoms with Crippen molar-refractivity contribution in [3.05, 3.63) is 0 Å². The van der Waals surface area contributed by atoms with Gasteiger partial charge in [-0.2, -0.15) is 0 Å². The van der Waals surface area contributed by atoms with E-state index in [1.807, 2.05) is 18.7 Å². The molecule has 0 spiro atoms. The Balaban J connectivity index is 2.42. The van der Waals surface area contributed by atoms with E-state index in [9.17, 15) is 9.59 Å². The fourth-order valence-electron chi connectivity index (χ4n) is 2.55. The van der Waals surface area contributed by atoms with Crippen molar-refractivity contribution < 1.29 is 9.59 Å². The zero-order chi connectivity index (χ0) is 15.2. The molecule has 116 valence electrons. The van der Waals surface area contributed by atoms with Crippen molar-refractivity contribution in [2.45, 2.75) is 39.2 Å². The van der Waals surface area contributed by atoms with Gasteiger partial charge >= 0.3 is 0 Å². The van der Waals surface area contributed by atoms with Crippen LogP contribution >= 0.6 is 0 Å². The summed E-state index contributed by atoms with van der Waals surface area (Å²) in [5, 5.41) is 2.79. The number of carbonyl (C=O) groups is 2. The van der Waals surface area contributed by atoms with E-state index in [1.54, 1.807) is 6.92 Å². The first-order valence-electron chi connectivity index (χ1n) is 7.48. The van der Waals surface area contributed by atoms with Crippen LogP contribution in [0.4, 0.5) is 0 Å². The van der Waals surface area contributed by atoms with Crippen LogP contribution in [-0.2, 0) is 9.59 Å². The van der Waals surface area contributed by atoms with Crippen molar-refractivity contribution in [3.63, 3.8) is 0 Å². The number of piperazine rings is 1. The van der Waals surface area contributed by atoms with E-state index in [1.165, 1.54) is 0 Å². The molecule has 1 aliphatic heterocycles. The smallest absolute Gasteiger partial charge is 0.242 e. The Kier molecular flexibility index (Phi) is 6.42. The van der Waals surface area contributed by atoms with E-state index in [4.69, 9.17) is 5.73 Å². The maximum Gasteiger partial charge on any atom is 0.242 e. The molecule has 1 unspecified atom stereocenters. The Morgan fingerprint density at radius 3 is 2.30 bits per heavy atom. The lowest BCUT2D eigenvalue weighted by atomic mass is 9.95. The van der Waals surface area contributed by atoms with Crippen LogP contribution in [0.2, 0.25) is 0 Å². The molecule has 0 aromatic carbocycles. The number of hydrogen-bond acceptors (Lipinski definition) is 4. The minimum atomic E-state index is -0.767. The maximum atomic E-state index is 12.3. The van der Waals surface area contributed by atoms with Crippen LogP contribution in [0, 0.1) is 0 Å². The summed E-state index contributed by atoms with van der Waals surface area (Å²) >= 11 is 0. The molecule has 1 aliphatic rings. The first-order valence-corrected chi connectivity index (χ1v) is 7.48. The Hall–Kier alpha value is -1.14. The van der Waals surface area contributed by atoms with Crippen LogP contribution < -0.4 is 11.1 Å². The highest BCUT2D eigenvalue weighted by atomic mass is 16.2. The summed E-state index contributed by atoms with van der Waals surface area (Å²) in [6.45, 7) is 9.55. The Labute approximate surface area is 121 Å². The standard InChI is InChI=1S/C14H28N4O2/c1-4-6-14(3,15)13(20)18-9-7-17(8-10-18)11-12(19)16-5-2/h4-11,15H2,1-3H3,(H,16,19). The summed E-state index contributed by atoms with van der Waals surface area (Å²) in [6.07, 6.45) is 1.60. The van der Waals surface area contributed by atoms with E-state index >= 15 is 0 Å². The second-order valence-corrected chi connectivity index (χ2v) is 5.69. The van der Waals surface area contributed by atoms with Crippen molar-refractivity contribution in [1.29, 1.82) is 0 Å². The lowest BCUT2D eigenvalue weighted by Gasteiger charge is -2.38.